The number of nitrogens with zero attached hydrogens (tertiary/aromatic N) is 1. The molecule has 0 saturated carbocycles. The Balaban J connectivity index is 2.94. The fourth-order valence-electron chi connectivity index (χ4n) is 0.611. The first-order valence-corrected chi connectivity index (χ1v) is 2.78. The first-order chi connectivity index (χ1) is 4.33. The second-order valence-electron chi connectivity index (χ2n) is 1.80. The number of aromatic nitrogens is 1. The van der Waals surface area contributed by atoms with Crippen molar-refractivity contribution in [3.8, 4) is 0 Å². The number of anilines is 1. The maximum Gasteiger partial charge on any atom is 0.125 e. The van der Waals surface area contributed by atoms with Crippen LogP contribution in [0.3, 0.4) is 0 Å². The van der Waals surface area contributed by atoms with Gasteiger partial charge in [-0.05, 0) is 24.6 Å². The van der Waals surface area contributed by atoms with E-state index in [1.165, 1.54) is 0 Å². The maximum absolute atomic E-state index is 4.01. The Kier molecular flexibility index (Phi) is 1.68. The van der Waals surface area contributed by atoms with Gasteiger partial charge in [0.1, 0.15) is 5.82 Å². The van der Waals surface area contributed by atoms with Crippen LogP contribution in [-0.4, -0.2) is 12.0 Å². The average molecular weight is 121 g/mol. The SMILES string of the molecule is [CH2]c1ccnc(NC)c1. The molecule has 1 heterocycles. The van der Waals surface area contributed by atoms with Crippen molar-refractivity contribution in [2.45, 2.75) is 0 Å². The maximum atomic E-state index is 4.01. The molecule has 47 valence electrons. The fourth-order valence-corrected chi connectivity index (χ4v) is 0.611. The predicted octanol–water partition coefficient (Wildman–Crippen LogP) is 1.31. The molecule has 2 nitrogen and oxygen atoms in total. The topological polar surface area (TPSA) is 24.9 Å². The van der Waals surface area contributed by atoms with Gasteiger partial charge in [0, 0.05) is 13.2 Å². The third kappa shape index (κ3) is 1.42. The smallest absolute Gasteiger partial charge is 0.125 e. The van der Waals surface area contributed by atoms with Crippen LogP contribution >= 0.6 is 0 Å². The quantitative estimate of drug-likeness (QED) is 0.605. The van der Waals surface area contributed by atoms with Crippen molar-refractivity contribution in [1.29, 1.82) is 0 Å². The zero-order valence-electron chi connectivity index (χ0n) is 5.39. The number of nitrogens with one attached hydrogen (secondary N) is 1. The van der Waals surface area contributed by atoms with Gasteiger partial charge in [-0.25, -0.2) is 4.98 Å². The van der Waals surface area contributed by atoms with E-state index in [-0.39, 0.29) is 0 Å². The van der Waals surface area contributed by atoms with Crippen molar-refractivity contribution in [3.63, 3.8) is 0 Å². The van der Waals surface area contributed by atoms with Gasteiger partial charge < -0.3 is 5.32 Å². The zero-order valence-corrected chi connectivity index (χ0v) is 5.39. The highest BCUT2D eigenvalue weighted by Crippen LogP contribution is 2.02. The average Bonchev–Trinajstić information content (AvgIpc) is 1.88. The number of hydrogen-bond acceptors (Lipinski definition) is 2. The fraction of sp³-hybridized carbons (Fsp3) is 0.143. The van der Waals surface area contributed by atoms with Crippen LogP contribution in [0.1, 0.15) is 5.56 Å². The first kappa shape index (κ1) is 6.08. The second kappa shape index (κ2) is 2.49. The molecule has 0 aliphatic carbocycles. The first-order valence-electron chi connectivity index (χ1n) is 2.78. The van der Waals surface area contributed by atoms with Gasteiger partial charge in [-0.1, -0.05) is 0 Å². The summed E-state index contributed by atoms with van der Waals surface area (Å²) < 4.78 is 0. The Morgan fingerprint density at radius 3 is 2.89 bits per heavy atom. The van der Waals surface area contributed by atoms with E-state index in [9.17, 15) is 0 Å². The molecule has 9 heavy (non-hydrogen) atoms. The molecule has 0 spiro atoms. The highest BCUT2D eigenvalue weighted by atomic mass is 14.9. The molecule has 0 atom stereocenters. The normalized spacial score (nSPS) is 9.11. The van der Waals surface area contributed by atoms with Crippen molar-refractivity contribution in [2.75, 3.05) is 12.4 Å². The van der Waals surface area contributed by atoms with Crippen LogP contribution in [0.15, 0.2) is 18.3 Å². The van der Waals surface area contributed by atoms with Gasteiger partial charge in [0.25, 0.3) is 0 Å². The van der Waals surface area contributed by atoms with Crippen molar-refractivity contribution in [1.82, 2.24) is 4.98 Å². The van der Waals surface area contributed by atoms with Gasteiger partial charge in [-0.3, -0.25) is 0 Å². The van der Waals surface area contributed by atoms with E-state index in [0.29, 0.717) is 0 Å². The molecule has 0 unspecified atom stereocenters. The van der Waals surface area contributed by atoms with E-state index >= 15 is 0 Å². The van der Waals surface area contributed by atoms with Crippen molar-refractivity contribution in [3.05, 3.63) is 30.8 Å². The van der Waals surface area contributed by atoms with Gasteiger partial charge in [-0.2, -0.15) is 0 Å². The summed E-state index contributed by atoms with van der Waals surface area (Å²) in [6.45, 7) is 3.75. The molecule has 0 saturated heterocycles. The molecular weight excluding hydrogens is 112 g/mol. The predicted molar refractivity (Wildman–Crippen MR) is 38.2 cm³/mol. The number of rotatable bonds is 1. The summed E-state index contributed by atoms with van der Waals surface area (Å²) in [6.07, 6.45) is 1.73. The Bertz CT molecular complexity index is 196. The summed E-state index contributed by atoms with van der Waals surface area (Å²) >= 11 is 0. The van der Waals surface area contributed by atoms with E-state index in [4.69, 9.17) is 0 Å². The van der Waals surface area contributed by atoms with Crippen molar-refractivity contribution < 1.29 is 0 Å². The molecule has 0 aliphatic heterocycles. The van der Waals surface area contributed by atoms with E-state index in [1.807, 2.05) is 19.2 Å². The van der Waals surface area contributed by atoms with Crippen LogP contribution in [0.2, 0.25) is 0 Å². The lowest BCUT2D eigenvalue weighted by Crippen LogP contribution is -1.90. The van der Waals surface area contributed by atoms with Crippen LogP contribution in [0.4, 0.5) is 5.82 Å². The van der Waals surface area contributed by atoms with E-state index in [2.05, 4.69) is 17.2 Å². The summed E-state index contributed by atoms with van der Waals surface area (Å²) in [4.78, 5) is 4.01. The molecule has 0 fully saturated rings. The summed E-state index contributed by atoms with van der Waals surface area (Å²) in [7, 11) is 1.84. The summed E-state index contributed by atoms with van der Waals surface area (Å²) in [6, 6.07) is 3.75. The molecule has 0 aromatic carbocycles. The van der Waals surface area contributed by atoms with Crippen LogP contribution < -0.4 is 5.32 Å². The lowest BCUT2D eigenvalue weighted by molar-refractivity contribution is 1.28. The van der Waals surface area contributed by atoms with Gasteiger partial charge in [-0.15, -0.1) is 0 Å². The van der Waals surface area contributed by atoms with E-state index in [1.54, 1.807) is 6.20 Å². The Morgan fingerprint density at radius 2 is 2.44 bits per heavy atom. The summed E-state index contributed by atoms with van der Waals surface area (Å²) in [5, 5.41) is 2.92. The second-order valence-corrected chi connectivity index (χ2v) is 1.80. The van der Waals surface area contributed by atoms with Crippen LogP contribution in [0.5, 0.6) is 0 Å². The number of pyridine rings is 1. The zero-order chi connectivity index (χ0) is 6.69. The van der Waals surface area contributed by atoms with Gasteiger partial charge >= 0.3 is 0 Å². The Labute approximate surface area is 54.9 Å². The third-order valence-corrected chi connectivity index (χ3v) is 1.08. The minimum Gasteiger partial charge on any atom is -0.373 e. The van der Waals surface area contributed by atoms with Gasteiger partial charge in [0.05, 0.1) is 0 Å². The lowest BCUT2D eigenvalue weighted by atomic mass is 10.3. The van der Waals surface area contributed by atoms with E-state index < -0.39 is 0 Å². The largest absolute Gasteiger partial charge is 0.373 e. The highest BCUT2D eigenvalue weighted by Gasteiger charge is 1.86. The number of hydrogen-bond donors (Lipinski definition) is 1. The Morgan fingerprint density at radius 1 is 1.67 bits per heavy atom. The van der Waals surface area contributed by atoms with E-state index in [0.717, 1.165) is 11.4 Å². The third-order valence-electron chi connectivity index (χ3n) is 1.08. The summed E-state index contributed by atoms with van der Waals surface area (Å²) in [5.41, 5.74) is 0.981. The molecule has 0 bridgehead atoms. The lowest BCUT2D eigenvalue weighted by Gasteiger charge is -1.96. The van der Waals surface area contributed by atoms with Crippen LogP contribution in [-0.2, 0) is 0 Å². The standard InChI is InChI=1S/C7H9N2/c1-6-3-4-9-7(5-6)8-2/h3-5H,1H2,2H3,(H,8,9). The molecule has 1 aromatic rings. The molecule has 2 heteroatoms. The Hall–Kier alpha value is -1.05. The molecular formula is C7H9N2. The molecule has 0 amide bonds. The van der Waals surface area contributed by atoms with Crippen molar-refractivity contribution in [2.24, 2.45) is 0 Å². The van der Waals surface area contributed by atoms with Gasteiger partial charge in [0.2, 0.25) is 0 Å². The summed E-state index contributed by atoms with van der Waals surface area (Å²) in [5.74, 6) is 0.863. The molecule has 0 aliphatic rings. The van der Waals surface area contributed by atoms with Crippen LogP contribution in [0, 0.1) is 6.92 Å². The van der Waals surface area contributed by atoms with Crippen LogP contribution in [0.25, 0.3) is 0 Å². The molecule has 1 radical (unpaired) electrons. The monoisotopic (exact) mass is 121 g/mol. The molecule has 1 N–H and O–H groups in total. The molecule has 1 aromatic heterocycles. The molecule has 1 rings (SSSR count). The highest BCUT2D eigenvalue weighted by molar-refractivity contribution is 5.37. The minimum atomic E-state index is 0.863. The van der Waals surface area contributed by atoms with Crippen molar-refractivity contribution >= 4 is 5.82 Å². The minimum absolute atomic E-state index is 0.863. The van der Waals surface area contributed by atoms with Gasteiger partial charge in [0.15, 0.2) is 0 Å².